The van der Waals surface area contributed by atoms with E-state index in [9.17, 15) is 0 Å². The Labute approximate surface area is 325 Å². The van der Waals surface area contributed by atoms with Gasteiger partial charge in [-0.1, -0.05) is 184 Å². The van der Waals surface area contributed by atoms with Gasteiger partial charge in [-0.25, -0.2) is 0 Å². The van der Waals surface area contributed by atoms with Crippen LogP contribution in [0, 0.1) is 0 Å². The molecular formula is C55H36O. The molecule has 0 radical (unpaired) electrons. The summed E-state index contributed by atoms with van der Waals surface area (Å²) in [6.07, 6.45) is 0. The smallest absolute Gasteiger partial charge is 0.143 e. The van der Waals surface area contributed by atoms with E-state index in [2.05, 4.69) is 190 Å². The Balaban J connectivity index is 1.13. The molecule has 0 fully saturated rings. The summed E-state index contributed by atoms with van der Waals surface area (Å²) in [5.74, 6) is 0. The van der Waals surface area contributed by atoms with Crippen LogP contribution in [0.4, 0.5) is 0 Å². The van der Waals surface area contributed by atoms with E-state index in [1.807, 2.05) is 6.07 Å². The molecule has 0 atom stereocenters. The lowest BCUT2D eigenvalue weighted by Crippen LogP contribution is -2.17. The Kier molecular flexibility index (Phi) is 6.46. The molecule has 262 valence electrons. The summed E-state index contributed by atoms with van der Waals surface area (Å²) in [7, 11) is 0. The molecule has 0 saturated heterocycles. The Morgan fingerprint density at radius 2 is 0.768 bits per heavy atom. The number of para-hydroxylation sites is 2. The van der Waals surface area contributed by atoms with Crippen LogP contribution in [0.25, 0.3) is 110 Å². The molecule has 56 heavy (non-hydrogen) atoms. The van der Waals surface area contributed by atoms with Gasteiger partial charge >= 0.3 is 0 Å². The minimum Gasteiger partial charge on any atom is -0.455 e. The predicted molar refractivity (Wildman–Crippen MR) is 238 cm³/mol. The maximum Gasteiger partial charge on any atom is 0.143 e. The predicted octanol–water partition coefficient (Wildman–Crippen LogP) is 15.5. The fraction of sp³-hybridized carbons (Fsp3) is 0.0545. The van der Waals surface area contributed by atoms with Crippen LogP contribution in [0.1, 0.15) is 25.0 Å². The average Bonchev–Trinajstić information content (AvgIpc) is 3.75. The molecule has 0 spiro atoms. The third-order valence-corrected chi connectivity index (χ3v) is 12.6. The van der Waals surface area contributed by atoms with E-state index in [1.165, 1.54) is 87.6 Å². The van der Waals surface area contributed by atoms with E-state index >= 15 is 0 Å². The quantitative estimate of drug-likeness (QED) is 0.131. The standard InChI is InChI=1S/C55H36O/c1-55(2)52-46(29-15-30-47(52)51-39-21-5-3-18-36(39)37-19-4-10-26-44(37)53(51)55)50-42-24-8-6-22-40(42)49(41-23-7-9-25-43(41)50)34-17-13-16-33(32-34)35-27-14-28-45-38-20-11-12-31-48(38)56-54(35)45/h3-32H,1-2H3. The van der Waals surface area contributed by atoms with E-state index in [1.54, 1.807) is 0 Å². The first-order chi connectivity index (χ1) is 27.6. The first-order valence-corrected chi connectivity index (χ1v) is 19.6. The van der Waals surface area contributed by atoms with Crippen molar-refractivity contribution < 1.29 is 4.42 Å². The maximum atomic E-state index is 6.51. The lowest BCUT2D eigenvalue weighted by Gasteiger charge is -2.27. The Hall–Kier alpha value is -6.96. The molecule has 0 aliphatic heterocycles. The van der Waals surface area contributed by atoms with E-state index in [-0.39, 0.29) is 5.41 Å². The second-order valence-electron chi connectivity index (χ2n) is 15.9. The van der Waals surface area contributed by atoms with Crippen molar-refractivity contribution in [1.29, 1.82) is 0 Å². The number of furan rings is 1. The van der Waals surface area contributed by atoms with Crippen molar-refractivity contribution in [1.82, 2.24) is 0 Å². The van der Waals surface area contributed by atoms with Gasteiger partial charge in [0.2, 0.25) is 0 Å². The van der Waals surface area contributed by atoms with Crippen LogP contribution in [0.3, 0.4) is 0 Å². The van der Waals surface area contributed by atoms with E-state index in [0.29, 0.717) is 0 Å². The highest BCUT2D eigenvalue weighted by atomic mass is 16.3. The molecule has 1 nitrogen and oxygen atoms in total. The molecule has 1 heteroatoms. The zero-order valence-electron chi connectivity index (χ0n) is 31.2. The summed E-state index contributed by atoms with van der Waals surface area (Å²) >= 11 is 0. The Morgan fingerprint density at radius 3 is 1.45 bits per heavy atom. The number of hydrogen-bond acceptors (Lipinski definition) is 1. The molecule has 10 aromatic carbocycles. The van der Waals surface area contributed by atoms with Crippen molar-refractivity contribution in [2.45, 2.75) is 19.3 Å². The zero-order chi connectivity index (χ0) is 37.1. The van der Waals surface area contributed by atoms with Crippen molar-refractivity contribution in [3.63, 3.8) is 0 Å². The van der Waals surface area contributed by atoms with Crippen LogP contribution in [0.5, 0.6) is 0 Å². The fourth-order valence-corrected chi connectivity index (χ4v) is 10.4. The van der Waals surface area contributed by atoms with Gasteiger partial charge in [-0.05, 0) is 105 Å². The Bertz CT molecular complexity index is 3390. The molecule has 1 heterocycles. The van der Waals surface area contributed by atoms with Gasteiger partial charge in [0.05, 0.1) is 0 Å². The van der Waals surface area contributed by atoms with Gasteiger partial charge in [0.1, 0.15) is 11.2 Å². The van der Waals surface area contributed by atoms with Gasteiger partial charge in [0.15, 0.2) is 0 Å². The SMILES string of the molecule is CC1(C)c2c(-c3c4ccccc4c(-c4cccc(-c5cccc6c5oc5ccccc56)c4)c4ccccc34)cccc2-c2c1c1ccccc1c1ccccc21. The molecule has 0 saturated carbocycles. The summed E-state index contributed by atoms with van der Waals surface area (Å²) in [6, 6.07) is 66.9. The molecular weight excluding hydrogens is 677 g/mol. The van der Waals surface area contributed by atoms with Crippen LogP contribution < -0.4 is 0 Å². The van der Waals surface area contributed by atoms with E-state index < -0.39 is 0 Å². The maximum absolute atomic E-state index is 6.51. The molecule has 0 bridgehead atoms. The summed E-state index contributed by atoms with van der Waals surface area (Å²) < 4.78 is 6.51. The average molecular weight is 713 g/mol. The molecule has 12 rings (SSSR count). The van der Waals surface area contributed by atoms with Crippen molar-refractivity contribution in [3.8, 4) is 44.5 Å². The highest BCUT2D eigenvalue weighted by molar-refractivity contribution is 6.24. The van der Waals surface area contributed by atoms with Gasteiger partial charge in [0.25, 0.3) is 0 Å². The van der Waals surface area contributed by atoms with Gasteiger partial charge < -0.3 is 4.42 Å². The number of rotatable bonds is 3. The molecule has 1 aliphatic carbocycles. The molecule has 0 unspecified atom stereocenters. The Morgan fingerprint density at radius 1 is 0.321 bits per heavy atom. The fourth-order valence-electron chi connectivity index (χ4n) is 10.4. The van der Waals surface area contributed by atoms with Gasteiger partial charge in [0, 0.05) is 21.8 Å². The highest BCUT2D eigenvalue weighted by Gasteiger charge is 2.40. The zero-order valence-corrected chi connectivity index (χ0v) is 31.2. The summed E-state index contributed by atoms with van der Waals surface area (Å²) in [5, 5.41) is 12.6. The van der Waals surface area contributed by atoms with Crippen LogP contribution in [0.15, 0.2) is 186 Å². The number of hydrogen-bond donors (Lipinski definition) is 0. The largest absolute Gasteiger partial charge is 0.455 e. The van der Waals surface area contributed by atoms with Crippen LogP contribution in [0.2, 0.25) is 0 Å². The summed E-state index contributed by atoms with van der Waals surface area (Å²) in [5.41, 5.74) is 14.5. The molecule has 1 aliphatic rings. The van der Waals surface area contributed by atoms with Gasteiger partial charge in [-0.2, -0.15) is 0 Å². The molecule has 0 amide bonds. The van der Waals surface area contributed by atoms with Crippen LogP contribution >= 0.6 is 0 Å². The lowest BCUT2D eigenvalue weighted by molar-refractivity contribution is 0.668. The third-order valence-electron chi connectivity index (χ3n) is 12.6. The lowest BCUT2D eigenvalue weighted by atomic mass is 9.75. The van der Waals surface area contributed by atoms with Crippen LogP contribution in [-0.2, 0) is 5.41 Å². The first-order valence-electron chi connectivity index (χ1n) is 19.6. The summed E-state index contributed by atoms with van der Waals surface area (Å²) in [4.78, 5) is 0. The number of benzene rings is 10. The second-order valence-corrected chi connectivity index (χ2v) is 15.9. The molecule has 0 N–H and O–H groups in total. The first kappa shape index (κ1) is 31.4. The molecule has 11 aromatic rings. The van der Waals surface area contributed by atoms with Crippen molar-refractivity contribution in [2.75, 3.05) is 0 Å². The topological polar surface area (TPSA) is 13.1 Å². The highest BCUT2D eigenvalue weighted by Crippen LogP contribution is 2.58. The van der Waals surface area contributed by atoms with E-state index in [4.69, 9.17) is 4.42 Å². The van der Waals surface area contributed by atoms with Gasteiger partial charge in [-0.3, -0.25) is 0 Å². The van der Waals surface area contributed by atoms with Crippen molar-refractivity contribution in [2.24, 2.45) is 0 Å². The molecule has 1 aromatic heterocycles. The van der Waals surface area contributed by atoms with Gasteiger partial charge in [-0.15, -0.1) is 0 Å². The van der Waals surface area contributed by atoms with Crippen molar-refractivity contribution in [3.05, 3.63) is 193 Å². The van der Waals surface area contributed by atoms with Crippen LogP contribution in [-0.4, -0.2) is 0 Å². The van der Waals surface area contributed by atoms with Crippen molar-refractivity contribution >= 4 is 65.0 Å². The summed E-state index contributed by atoms with van der Waals surface area (Å²) in [6.45, 7) is 4.88. The minimum absolute atomic E-state index is 0.238. The number of fused-ring (bicyclic) bond motifs is 13. The monoisotopic (exact) mass is 712 g/mol. The minimum atomic E-state index is -0.238. The normalized spacial score (nSPS) is 13.3. The second kappa shape index (κ2) is 11.5. The van der Waals surface area contributed by atoms with E-state index in [0.717, 1.165) is 33.1 Å². The third kappa shape index (κ3) is 4.20.